The van der Waals surface area contributed by atoms with E-state index < -0.39 is 11.0 Å². The number of carbonyl (C=O) groups excluding carboxylic acids is 2. The molecule has 2 aromatic rings. The highest BCUT2D eigenvalue weighted by Gasteiger charge is 2.62. The van der Waals surface area contributed by atoms with Crippen molar-refractivity contribution in [2.24, 2.45) is 11.1 Å². The Morgan fingerprint density at radius 2 is 1.86 bits per heavy atom. The maximum atomic E-state index is 12.8. The summed E-state index contributed by atoms with van der Waals surface area (Å²) in [6.45, 7) is 8.08. The molecule has 8 heteroatoms. The van der Waals surface area contributed by atoms with Crippen molar-refractivity contribution < 1.29 is 18.8 Å². The maximum Gasteiger partial charge on any atom is 0.260 e. The Bertz CT molecular complexity index is 875. The van der Waals surface area contributed by atoms with E-state index in [0.29, 0.717) is 35.7 Å². The standard InChI is InChI=1S/C20H26N4O4/c1-5-27-16-10-20(21,19(16,3)4)18(26)24-14-8-6-13(7-9-14)23-17(25)15-11-22-28-12(15)2/h6-9,11,16H,5,10,21H2,1-4H3,(H,23,25)(H,24,26). The SMILES string of the molecule is CCOC1CC(N)(C(=O)Nc2ccc(NC(=O)c3cnoc3C)cc2)C1(C)C. The van der Waals surface area contributed by atoms with Crippen molar-refractivity contribution in [1.29, 1.82) is 0 Å². The van der Waals surface area contributed by atoms with Crippen LogP contribution in [0.25, 0.3) is 0 Å². The van der Waals surface area contributed by atoms with Crippen molar-refractivity contribution in [2.75, 3.05) is 17.2 Å². The molecular formula is C20H26N4O4. The van der Waals surface area contributed by atoms with Gasteiger partial charge < -0.3 is 25.6 Å². The summed E-state index contributed by atoms with van der Waals surface area (Å²) in [5.74, 6) is -0.108. The quantitative estimate of drug-likeness (QED) is 0.702. The maximum absolute atomic E-state index is 12.8. The van der Waals surface area contributed by atoms with Crippen LogP contribution in [0.15, 0.2) is 35.0 Å². The predicted octanol–water partition coefficient (Wildman–Crippen LogP) is 2.71. The number of hydrogen-bond donors (Lipinski definition) is 3. The Balaban J connectivity index is 1.62. The largest absolute Gasteiger partial charge is 0.378 e. The van der Waals surface area contributed by atoms with Gasteiger partial charge >= 0.3 is 0 Å². The van der Waals surface area contributed by atoms with E-state index in [2.05, 4.69) is 15.8 Å². The number of aromatic nitrogens is 1. The van der Waals surface area contributed by atoms with Crippen molar-refractivity contribution in [1.82, 2.24) is 5.16 Å². The molecule has 1 aromatic carbocycles. The molecule has 1 saturated carbocycles. The molecule has 8 nitrogen and oxygen atoms in total. The summed E-state index contributed by atoms with van der Waals surface area (Å²) in [7, 11) is 0. The third-order valence-corrected chi connectivity index (χ3v) is 5.63. The molecule has 0 bridgehead atoms. The van der Waals surface area contributed by atoms with E-state index in [4.69, 9.17) is 15.0 Å². The van der Waals surface area contributed by atoms with Gasteiger partial charge in [0.05, 0.1) is 12.3 Å². The molecule has 1 aromatic heterocycles. The molecule has 0 radical (unpaired) electrons. The molecule has 1 aliphatic carbocycles. The van der Waals surface area contributed by atoms with Crippen molar-refractivity contribution in [3.63, 3.8) is 0 Å². The Kier molecular flexibility index (Phi) is 5.27. The Hall–Kier alpha value is -2.71. The van der Waals surface area contributed by atoms with Crippen LogP contribution in [0, 0.1) is 12.3 Å². The van der Waals surface area contributed by atoms with Gasteiger partial charge in [-0.3, -0.25) is 9.59 Å². The molecule has 0 aliphatic heterocycles. The van der Waals surface area contributed by atoms with Crippen LogP contribution < -0.4 is 16.4 Å². The van der Waals surface area contributed by atoms with Crippen LogP contribution >= 0.6 is 0 Å². The lowest BCUT2D eigenvalue weighted by Gasteiger charge is -2.57. The number of nitrogens with one attached hydrogen (secondary N) is 2. The fourth-order valence-corrected chi connectivity index (χ4v) is 3.42. The van der Waals surface area contributed by atoms with Gasteiger partial charge in [0, 0.05) is 29.8 Å². The minimum absolute atomic E-state index is 0.0355. The second-order valence-electron chi connectivity index (χ2n) is 7.62. The zero-order chi connectivity index (χ0) is 20.5. The highest BCUT2D eigenvalue weighted by molar-refractivity contribution is 6.05. The molecular weight excluding hydrogens is 360 g/mol. The van der Waals surface area contributed by atoms with E-state index in [-0.39, 0.29) is 17.9 Å². The minimum atomic E-state index is -0.995. The van der Waals surface area contributed by atoms with Crippen LogP contribution in [-0.4, -0.2) is 35.2 Å². The van der Waals surface area contributed by atoms with E-state index in [0.717, 1.165) is 0 Å². The molecule has 4 N–H and O–H groups in total. The first-order valence-electron chi connectivity index (χ1n) is 9.23. The molecule has 28 heavy (non-hydrogen) atoms. The molecule has 0 saturated heterocycles. The third kappa shape index (κ3) is 3.41. The summed E-state index contributed by atoms with van der Waals surface area (Å²) in [6, 6.07) is 6.83. The third-order valence-electron chi connectivity index (χ3n) is 5.63. The lowest BCUT2D eigenvalue weighted by molar-refractivity contribution is -0.166. The average molecular weight is 386 g/mol. The van der Waals surface area contributed by atoms with E-state index in [1.165, 1.54) is 6.20 Å². The van der Waals surface area contributed by atoms with Gasteiger partial charge in [-0.1, -0.05) is 19.0 Å². The molecule has 2 unspecified atom stereocenters. The molecule has 2 amide bonds. The van der Waals surface area contributed by atoms with Crippen LogP contribution in [0.4, 0.5) is 11.4 Å². The summed E-state index contributed by atoms with van der Waals surface area (Å²) >= 11 is 0. The van der Waals surface area contributed by atoms with Gasteiger partial charge in [0.2, 0.25) is 5.91 Å². The normalized spacial score (nSPS) is 23.0. The fraction of sp³-hybridized carbons (Fsp3) is 0.450. The second-order valence-corrected chi connectivity index (χ2v) is 7.62. The smallest absolute Gasteiger partial charge is 0.260 e. The molecule has 1 aliphatic rings. The van der Waals surface area contributed by atoms with Gasteiger partial charge in [-0.2, -0.15) is 0 Å². The number of benzene rings is 1. The van der Waals surface area contributed by atoms with Gasteiger partial charge in [-0.15, -0.1) is 0 Å². The number of nitrogens with two attached hydrogens (primary N) is 1. The molecule has 2 atom stereocenters. The van der Waals surface area contributed by atoms with E-state index >= 15 is 0 Å². The van der Waals surface area contributed by atoms with E-state index in [1.807, 2.05) is 20.8 Å². The van der Waals surface area contributed by atoms with Crippen molar-refractivity contribution >= 4 is 23.2 Å². The molecule has 1 fully saturated rings. The monoisotopic (exact) mass is 386 g/mol. The molecule has 0 spiro atoms. The Morgan fingerprint density at radius 3 is 2.36 bits per heavy atom. The van der Waals surface area contributed by atoms with Gasteiger partial charge in [0.15, 0.2) is 0 Å². The van der Waals surface area contributed by atoms with Gasteiger partial charge in [-0.05, 0) is 38.1 Å². The highest BCUT2D eigenvalue weighted by Crippen LogP contribution is 2.50. The summed E-state index contributed by atoms with van der Waals surface area (Å²) < 4.78 is 10.6. The Morgan fingerprint density at radius 1 is 1.25 bits per heavy atom. The number of hydrogen-bond acceptors (Lipinski definition) is 6. The van der Waals surface area contributed by atoms with Crippen molar-refractivity contribution in [3.8, 4) is 0 Å². The number of aryl methyl sites for hydroxylation is 1. The highest BCUT2D eigenvalue weighted by atomic mass is 16.5. The molecule has 3 rings (SSSR count). The van der Waals surface area contributed by atoms with Gasteiger partial charge in [0.1, 0.15) is 16.9 Å². The van der Waals surface area contributed by atoms with E-state index in [1.54, 1.807) is 31.2 Å². The summed E-state index contributed by atoms with van der Waals surface area (Å²) in [5, 5.41) is 9.21. The van der Waals surface area contributed by atoms with E-state index in [9.17, 15) is 9.59 Å². The number of rotatable bonds is 6. The zero-order valence-corrected chi connectivity index (χ0v) is 16.5. The average Bonchev–Trinajstić information content (AvgIpc) is 3.09. The summed E-state index contributed by atoms with van der Waals surface area (Å²) in [6.07, 6.45) is 1.81. The number of carbonyl (C=O) groups is 2. The van der Waals surface area contributed by atoms with Gasteiger partial charge in [-0.25, -0.2) is 0 Å². The first kappa shape index (κ1) is 20.0. The minimum Gasteiger partial charge on any atom is -0.378 e. The number of anilines is 2. The first-order valence-corrected chi connectivity index (χ1v) is 9.23. The van der Waals surface area contributed by atoms with Crippen LogP contribution in [0.1, 0.15) is 43.3 Å². The predicted molar refractivity (Wildman–Crippen MR) is 105 cm³/mol. The van der Waals surface area contributed by atoms with Crippen LogP contribution in [0.5, 0.6) is 0 Å². The molecule has 150 valence electrons. The van der Waals surface area contributed by atoms with Crippen molar-refractivity contribution in [3.05, 3.63) is 41.8 Å². The summed E-state index contributed by atoms with van der Waals surface area (Å²) in [4.78, 5) is 24.9. The summed E-state index contributed by atoms with van der Waals surface area (Å²) in [5.41, 5.74) is 6.50. The van der Waals surface area contributed by atoms with Crippen LogP contribution in [-0.2, 0) is 9.53 Å². The van der Waals surface area contributed by atoms with Crippen LogP contribution in [0.2, 0.25) is 0 Å². The van der Waals surface area contributed by atoms with Crippen molar-refractivity contribution in [2.45, 2.75) is 45.8 Å². The van der Waals surface area contributed by atoms with Crippen LogP contribution in [0.3, 0.4) is 0 Å². The molecule has 1 heterocycles. The zero-order valence-electron chi connectivity index (χ0n) is 16.5. The Labute approximate surface area is 163 Å². The topological polar surface area (TPSA) is 119 Å². The number of ether oxygens (including phenoxy) is 1. The number of amides is 2. The first-order chi connectivity index (χ1) is 13.2. The lowest BCUT2D eigenvalue weighted by Crippen LogP contribution is -2.74. The number of nitrogens with zero attached hydrogens (tertiary/aromatic N) is 1. The fourth-order valence-electron chi connectivity index (χ4n) is 3.42. The van der Waals surface area contributed by atoms with Gasteiger partial charge in [0.25, 0.3) is 5.91 Å². The lowest BCUT2D eigenvalue weighted by atomic mass is 9.54. The second kappa shape index (κ2) is 7.37.